The van der Waals surface area contributed by atoms with Crippen LogP contribution >= 0.6 is 0 Å². The Balaban J connectivity index is 1.89. The van der Waals surface area contributed by atoms with Gasteiger partial charge in [0.25, 0.3) is 0 Å². The average Bonchev–Trinajstić information content (AvgIpc) is 2.68. The monoisotopic (exact) mass is 363 g/mol. The average molecular weight is 363 g/mol. The predicted molar refractivity (Wildman–Crippen MR) is 105 cm³/mol. The number of carbonyl (C=O) groups excluding carboxylic acids is 1. The van der Waals surface area contributed by atoms with Crippen LogP contribution in [0.25, 0.3) is 0 Å². The number of hydrogen-bond donors (Lipinski definition) is 2. The third kappa shape index (κ3) is 4.27. The third-order valence-corrected chi connectivity index (χ3v) is 5.47. The van der Waals surface area contributed by atoms with Crippen LogP contribution in [0.15, 0.2) is 71.8 Å². The Hall–Kier alpha value is -2.88. The smallest absolute Gasteiger partial charge is 0.307 e. The number of carboxylic acids is 1. The number of hydrogen-bond acceptors (Lipinski definition) is 2. The number of nitrogens with one attached hydrogen (secondary N) is 1. The first-order valence-electron chi connectivity index (χ1n) is 9.25. The van der Waals surface area contributed by atoms with Crippen molar-refractivity contribution in [3.8, 4) is 0 Å². The van der Waals surface area contributed by atoms with Crippen molar-refractivity contribution in [2.24, 2.45) is 11.8 Å². The third-order valence-electron chi connectivity index (χ3n) is 5.47. The minimum atomic E-state index is -0.905. The number of rotatable bonds is 5. The highest BCUT2D eigenvalue weighted by Gasteiger charge is 2.38. The highest BCUT2D eigenvalue weighted by atomic mass is 16.4. The van der Waals surface area contributed by atoms with Crippen LogP contribution in [0.5, 0.6) is 0 Å². The van der Waals surface area contributed by atoms with Crippen LogP contribution in [0.1, 0.15) is 43.9 Å². The number of amides is 1. The zero-order chi connectivity index (χ0) is 19.4. The first kappa shape index (κ1) is 18.9. The van der Waals surface area contributed by atoms with Crippen LogP contribution in [0.4, 0.5) is 0 Å². The van der Waals surface area contributed by atoms with Gasteiger partial charge in [-0.1, -0.05) is 71.8 Å². The molecule has 4 nitrogen and oxygen atoms in total. The van der Waals surface area contributed by atoms with Gasteiger partial charge in [-0.25, -0.2) is 0 Å². The number of allylic oxidation sites excluding steroid dienone is 2. The number of aliphatic carboxylic acids is 1. The summed E-state index contributed by atoms with van der Waals surface area (Å²) in [5, 5.41) is 12.7. The lowest BCUT2D eigenvalue weighted by atomic mass is 9.76. The Bertz CT molecular complexity index is 803. The van der Waals surface area contributed by atoms with Gasteiger partial charge >= 0.3 is 5.97 Å². The van der Waals surface area contributed by atoms with Crippen LogP contribution in [0.3, 0.4) is 0 Å². The number of benzene rings is 2. The van der Waals surface area contributed by atoms with Crippen LogP contribution in [-0.2, 0) is 9.59 Å². The summed E-state index contributed by atoms with van der Waals surface area (Å²) in [6, 6.07) is 19.2. The number of carboxylic acid groups (broad SMARTS) is 1. The van der Waals surface area contributed by atoms with Gasteiger partial charge in [-0.2, -0.15) is 0 Å². The summed E-state index contributed by atoms with van der Waals surface area (Å²) < 4.78 is 0. The van der Waals surface area contributed by atoms with Gasteiger partial charge in [0.15, 0.2) is 0 Å². The van der Waals surface area contributed by atoms with Crippen LogP contribution in [0.2, 0.25) is 0 Å². The van der Waals surface area contributed by atoms with Gasteiger partial charge in [0, 0.05) is 0 Å². The van der Waals surface area contributed by atoms with Crippen LogP contribution < -0.4 is 5.32 Å². The summed E-state index contributed by atoms with van der Waals surface area (Å²) in [6.45, 7) is 3.94. The molecule has 0 fully saturated rings. The van der Waals surface area contributed by atoms with E-state index in [0.29, 0.717) is 12.8 Å². The van der Waals surface area contributed by atoms with E-state index in [9.17, 15) is 14.7 Å². The minimum absolute atomic E-state index is 0.202. The largest absolute Gasteiger partial charge is 0.481 e. The molecule has 140 valence electrons. The Kier molecular flexibility index (Phi) is 5.75. The zero-order valence-corrected chi connectivity index (χ0v) is 15.7. The SMILES string of the molecule is CC1=C(C)C[C@@H](C(=O)NC(c2ccccc2)c2ccccc2)[C@H](C(=O)O)C1. The van der Waals surface area contributed by atoms with Crippen molar-refractivity contribution in [1.82, 2.24) is 5.32 Å². The van der Waals surface area contributed by atoms with E-state index in [1.807, 2.05) is 74.5 Å². The van der Waals surface area contributed by atoms with Crippen molar-refractivity contribution in [3.05, 3.63) is 82.9 Å². The molecule has 1 aliphatic rings. The quantitative estimate of drug-likeness (QED) is 0.777. The van der Waals surface area contributed by atoms with E-state index in [-0.39, 0.29) is 11.9 Å². The molecule has 0 aliphatic heterocycles. The van der Waals surface area contributed by atoms with E-state index in [2.05, 4.69) is 5.32 Å². The van der Waals surface area contributed by atoms with Crippen molar-refractivity contribution in [2.75, 3.05) is 0 Å². The maximum absolute atomic E-state index is 13.1. The molecule has 0 bridgehead atoms. The normalized spacial score (nSPS) is 19.8. The molecule has 0 radical (unpaired) electrons. The van der Waals surface area contributed by atoms with Gasteiger partial charge in [-0.05, 0) is 37.8 Å². The van der Waals surface area contributed by atoms with Crippen molar-refractivity contribution in [2.45, 2.75) is 32.7 Å². The molecule has 2 N–H and O–H groups in total. The fourth-order valence-electron chi connectivity index (χ4n) is 3.73. The first-order chi connectivity index (χ1) is 13.0. The minimum Gasteiger partial charge on any atom is -0.481 e. The lowest BCUT2D eigenvalue weighted by Crippen LogP contribution is -2.41. The van der Waals surface area contributed by atoms with E-state index in [4.69, 9.17) is 0 Å². The van der Waals surface area contributed by atoms with Gasteiger partial charge in [0.2, 0.25) is 5.91 Å². The maximum Gasteiger partial charge on any atom is 0.307 e. The van der Waals surface area contributed by atoms with Crippen LogP contribution in [-0.4, -0.2) is 17.0 Å². The molecular formula is C23H25NO3. The first-order valence-corrected chi connectivity index (χ1v) is 9.25. The fourth-order valence-corrected chi connectivity index (χ4v) is 3.73. The highest BCUT2D eigenvalue weighted by molar-refractivity contribution is 5.86. The van der Waals surface area contributed by atoms with Crippen molar-refractivity contribution >= 4 is 11.9 Å². The molecule has 1 aliphatic carbocycles. The zero-order valence-electron chi connectivity index (χ0n) is 15.7. The highest BCUT2D eigenvalue weighted by Crippen LogP contribution is 2.35. The molecule has 27 heavy (non-hydrogen) atoms. The number of carbonyl (C=O) groups is 2. The second kappa shape index (κ2) is 8.21. The summed E-state index contributed by atoms with van der Waals surface area (Å²) >= 11 is 0. The van der Waals surface area contributed by atoms with Gasteiger partial charge in [0.1, 0.15) is 0 Å². The Morgan fingerprint density at radius 1 is 0.852 bits per heavy atom. The Labute approximate surface area is 159 Å². The fraction of sp³-hybridized carbons (Fsp3) is 0.304. The summed E-state index contributed by atoms with van der Waals surface area (Å²) in [6.07, 6.45) is 0.922. The second-order valence-corrected chi connectivity index (χ2v) is 7.28. The van der Waals surface area contributed by atoms with Crippen molar-refractivity contribution in [3.63, 3.8) is 0 Å². The molecule has 0 unspecified atom stereocenters. The molecule has 0 saturated carbocycles. The predicted octanol–water partition coefficient (Wildman–Crippen LogP) is 4.34. The van der Waals surface area contributed by atoms with Gasteiger partial charge in [0.05, 0.1) is 17.9 Å². The van der Waals surface area contributed by atoms with Gasteiger partial charge < -0.3 is 10.4 Å². The Morgan fingerprint density at radius 2 is 1.30 bits per heavy atom. The van der Waals surface area contributed by atoms with E-state index >= 15 is 0 Å². The van der Waals surface area contributed by atoms with Crippen molar-refractivity contribution in [1.29, 1.82) is 0 Å². The van der Waals surface area contributed by atoms with E-state index in [0.717, 1.165) is 22.3 Å². The lowest BCUT2D eigenvalue weighted by Gasteiger charge is -2.31. The summed E-state index contributed by atoms with van der Waals surface area (Å²) in [4.78, 5) is 24.9. The van der Waals surface area contributed by atoms with E-state index in [1.54, 1.807) is 0 Å². The Morgan fingerprint density at radius 3 is 1.74 bits per heavy atom. The summed E-state index contributed by atoms with van der Waals surface area (Å²) in [5.74, 6) is -2.34. The van der Waals surface area contributed by atoms with Gasteiger partial charge in [-0.3, -0.25) is 9.59 Å². The van der Waals surface area contributed by atoms with Gasteiger partial charge in [-0.15, -0.1) is 0 Å². The molecule has 0 spiro atoms. The van der Waals surface area contributed by atoms with Crippen molar-refractivity contribution < 1.29 is 14.7 Å². The molecule has 0 heterocycles. The van der Waals surface area contributed by atoms with Crippen LogP contribution in [0, 0.1) is 11.8 Å². The lowest BCUT2D eigenvalue weighted by molar-refractivity contribution is -0.147. The molecule has 2 aromatic carbocycles. The van der Waals surface area contributed by atoms with E-state index in [1.165, 1.54) is 0 Å². The second-order valence-electron chi connectivity index (χ2n) is 7.28. The molecule has 2 aromatic rings. The topological polar surface area (TPSA) is 66.4 Å². The molecule has 3 rings (SSSR count). The maximum atomic E-state index is 13.1. The summed E-state index contributed by atoms with van der Waals surface area (Å²) in [5.41, 5.74) is 4.14. The molecule has 2 atom stereocenters. The molecule has 0 saturated heterocycles. The standard InChI is InChI=1S/C23H25NO3/c1-15-13-19(20(23(26)27)14-16(15)2)22(25)24-21(17-9-5-3-6-10-17)18-11-7-4-8-12-18/h3-12,19-21H,13-14H2,1-2H3,(H,24,25)(H,26,27)/t19-,20-/m1/s1. The molecule has 4 heteroatoms. The molecule has 0 aromatic heterocycles. The van der Waals surface area contributed by atoms with E-state index < -0.39 is 17.8 Å². The molecule has 1 amide bonds. The summed E-state index contributed by atoms with van der Waals surface area (Å²) in [7, 11) is 0. The molecular weight excluding hydrogens is 338 g/mol.